The highest BCUT2D eigenvalue weighted by atomic mass is 15.3. The number of hydrogen-bond acceptors (Lipinski definition) is 5. The molecule has 2 aromatic rings. The van der Waals surface area contributed by atoms with E-state index in [0.29, 0.717) is 18.2 Å². The highest BCUT2D eigenvalue weighted by Gasteiger charge is 1.99. The smallest absolute Gasteiger partial charge is 0.144 e. The fraction of sp³-hybridized carbons (Fsp3) is 0.222. The van der Waals surface area contributed by atoms with Crippen LogP contribution in [0, 0.1) is 0 Å². The second-order valence-electron chi connectivity index (χ2n) is 3.13. The monoisotopic (exact) mass is 204 g/mol. The first-order chi connectivity index (χ1) is 7.25. The highest BCUT2D eigenvalue weighted by molar-refractivity contribution is 5.36. The van der Waals surface area contributed by atoms with Gasteiger partial charge in [0.1, 0.15) is 11.6 Å². The summed E-state index contributed by atoms with van der Waals surface area (Å²) in [4.78, 5) is 8.01. The van der Waals surface area contributed by atoms with Crippen molar-refractivity contribution >= 4 is 11.6 Å². The minimum absolute atomic E-state index is 0.418. The predicted molar refractivity (Wildman–Crippen MR) is 57.0 cm³/mol. The van der Waals surface area contributed by atoms with Gasteiger partial charge in [-0.3, -0.25) is 4.68 Å². The summed E-state index contributed by atoms with van der Waals surface area (Å²) in [6.45, 7) is 0.662. The predicted octanol–water partition coefficient (Wildman–Crippen LogP) is 0.404. The molecule has 78 valence electrons. The highest BCUT2D eigenvalue weighted by Crippen LogP contribution is 2.04. The third-order valence-electron chi connectivity index (χ3n) is 2.04. The molecule has 0 radical (unpaired) electrons. The van der Waals surface area contributed by atoms with Crippen LogP contribution < -0.4 is 11.1 Å². The first-order valence-electron chi connectivity index (χ1n) is 4.54. The van der Waals surface area contributed by atoms with Gasteiger partial charge in [-0.25, -0.2) is 9.97 Å². The van der Waals surface area contributed by atoms with Crippen molar-refractivity contribution in [2.75, 3.05) is 11.1 Å². The average Bonchev–Trinajstić information content (AvgIpc) is 2.63. The number of nitrogens with zero attached hydrogens (tertiary/aromatic N) is 4. The Morgan fingerprint density at radius 2 is 2.27 bits per heavy atom. The maximum absolute atomic E-state index is 5.43. The van der Waals surface area contributed by atoms with Crippen LogP contribution in [0.25, 0.3) is 0 Å². The largest absolute Gasteiger partial charge is 0.382 e. The van der Waals surface area contributed by atoms with Gasteiger partial charge < -0.3 is 11.1 Å². The van der Waals surface area contributed by atoms with Crippen LogP contribution in [0.5, 0.6) is 0 Å². The van der Waals surface area contributed by atoms with Crippen LogP contribution in [0.15, 0.2) is 24.7 Å². The molecule has 0 bridgehead atoms. The second-order valence-corrected chi connectivity index (χ2v) is 3.13. The van der Waals surface area contributed by atoms with E-state index in [1.165, 1.54) is 6.20 Å². The zero-order chi connectivity index (χ0) is 10.7. The molecule has 0 spiro atoms. The number of aromatic nitrogens is 4. The summed E-state index contributed by atoms with van der Waals surface area (Å²) < 4.78 is 1.80. The zero-order valence-corrected chi connectivity index (χ0v) is 8.38. The van der Waals surface area contributed by atoms with Crippen molar-refractivity contribution in [3.8, 4) is 0 Å². The van der Waals surface area contributed by atoms with Gasteiger partial charge in [0.15, 0.2) is 0 Å². The lowest BCUT2D eigenvalue weighted by atomic mass is 10.4. The summed E-state index contributed by atoms with van der Waals surface area (Å²) in [5.41, 5.74) is 6.50. The zero-order valence-electron chi connectivity index (χ0n) is 8.38. The minimum Gasteiger partial charge on any atom is -0.382 e. The number of hydrogen-bond donors (Lipinski definition) is 2. The Hall–Kier alpha value is -2.11. The molecule has 0 aliphatic rings. The average molecular weight is 204 g/mol. The van der Waals surface area contributed by atoms with E-state index in [0.717, 1.165) is 5.69 Å². The molecule has 0 aromatic carbocycles. The fourth-order valence-corrected chi connectivity index (χ4v) is 1.19. The second kappa shape index (κ2) is 3.95. The molecule has 0 saturated heterocycles. The molecule has 2 rings (SSSR count). The summed E-state index contributed by atoms with van der Waals surface area (Å²) in [6, 6.07) is 1.94. The van der Waals surface area contributed by atoms with Crippen LogP contribution >= 0.6 is 0 Å². The quantitative estimate of drug-likeness (QED) is 0.756. The van der Waals surface area contributed by atoms with Crippen LogP contribution in [0.3, 0.4) is 0 Å². The van der Waals surface area contributed by atoms with E-state index in [9.17, 15) is 0 Å². The normalized spacial score (nSPS) is 10.2. The molecule has 0 saturated carbocycles. The summed E-state index contributed by atoms with van der Waals surface area (Å²) >= 11 is 0. The van der Waals surface area contributed by atoms with Crippen molar-refractivity contribution in [2.45, 2.75) is 6.54 Å². The summed E-state index contributed by atoms with van der Waals surface area (Å²) in [5, 5.41) is 7.19. The van der Waals surface area contributed by atoms with Gasteiger partial charge in [-0.15, -0.1) is 0 Å². The molecule has 2 heterocycles. The van der Waals surface area contributed by atoms with E-state index in [-0.39, 0.29) is 0 Å². The van der Waals surface area contributed by atoms with Crippen molar-refractivity contribution in [2.24, 2.45) is 7.05 Å². The van der Waals surface area contributed by atoms with Crippen molar-refractivity contribution in [1.29, 1.82) is 0 Å². The minimum atomic E-state index is 0.418. The molecule has 0 aliphatic carbocycles. The lowest BCUT2D eigenvalue weighted by molar-refractivity contribution is 0.720. The Bertz CT molecular complexity index is 432. The summed E-state index contributed by atoms with van der Waals surface area (Å²) in [7, 11) is 1.89. The summed E-state index contributed by atoms with van der Waals surface area (Å²) in [6.07, 6.45) is 4.88. The third kappa shape index (κ3) is 2.22. The van der Waals surface area contributed by atoms with E-state index < -0.39 is 0 Å². The molecule has 0 fully saturated rings. The van der Waals surface area contributed by atoms with Crippen LogP contribution in [0.1, 0.15) is 5.69 Å². The fourth-order valence-electron chi connectivity index (χ4n) is 1.19. The van der Waals surface area contributed by atoms with E-state index in [4.69, 9.17) is 5.73 Å². The number of aryl methyl sites for hydroxylation is 1. The Morgan fingerprint density at radius 1 is 1.40 bits per heavy atom. The standard InChI is InChI=1S/C9H12N6/c1-15-7(2-3-14-15)4-12-9-6-11-8(10)5-13-9/h2-3,5-6H,4H2,1H3,(H2,10,11)(H,12,13). The maximum atomic E-state index is 5.43. The molecule has 3 N–H and O–H groups in total. The van der Waals surface area contributed by atoms with Gasteiger partial charge in [-0.1, -0.05) is 0 Å². The molecule has 0 aliphatic heterocycles. The molecule has 0 amide bonds. The van der Waals surface area contributed by atoms with Crippen molar-refractivity contribution in [3.63, 3.8) is 0 Å². The Morgan fingerprint density at radius 3 is 2.87 bits per heavy atom. The first kappa shape index (κ1) is 9.45. The van der Waals surface area contributed by atoms with Gasteiger partial charge >= 0.3 is 0 Å². The molecule has 0 atom stereocenters. The van der Waals surface area contributed by atoms with Crippen LogP contribution in [0.4, 0.5) is 11.6 Å². The van der Waals surface area contributed by atoms with E-state index in [2.05, 4.69) is 20.4 Å². The van der Waals surface area contributed by atoms with Gasteiger partial charge in [-0.05, 0) is 6.07 Å². The maximum Gasteiger partial charge on any atom is 0.144 e. The third-order valence-corrected chi connectivity index (χ3v) is 2.04. The van der Waals surface area contributed by atoms with Crippen molar-refractivity contribution in [3.05, 3.63) is 30.4 Å². The van der Waals surface area contributed by atoms with Gasteiger partial charge in [-0.2, -0.15) is 5.10 Å². The number of anilines is 2. The van der Waals surface area contributed by atoms with Gasteiger partial charge in [0.2, 0.25) is 0 Å². The number of nitrogen functional groups attached to an aromatic ring is 1. The lowest BCUT2D eigenvalue weighted by Crippen LogP contribution is -2.07. The van der Waals surface area contributed by atoms with Crippen molar-refractivity contribution < 1.29 is 0 Å². The molecule has 6 heteroatoms. The number of nitrogens with one attached hydrogen (secondary N) is 1. The first-order valence-corrected chi connectivity index (χ1v) is 4.54. The van der Waals surface area contributed by atoms with Gasteiger partial charge in [0, 0.05) is 13.2 Å². The van der Waals surface area contributed by atoms with Gasteiger partial charge in [0.05, 0.1) is 24.6 Å². The molecule has 2 aromatic heterocycles. The van der Waals surface area contributed by atoms with Crippen LogP contribution in [-0.4, -0.2) is 19.7 Å². The van der Waals surface area contributed by atoms with Crippen LogP contribution in [-0.2, 0) is 13.6 Å². The lowest BCUT2D eigenvalue weighted by Gasteiger charge is -2.05. The molecule has 0 unspecified atom stereocenters. The van der Waals surface area contributed by atoms with Crippen LogP contribution in [0.2, 0.25) is 0 Å². The molecule has 15 heavy (non-hydrogen) atoms. The molecule has 6 nitrogen and oxygen atoms in total. The van der Waals surface area contributed by atoms with Gasteiger partial charge in [0.25, 0.3) is 0 Å². The Balaban J connectivity index is 1.99. The molecular weight excluding hydrogens is 192 g/mol. The number of nitrogens with two attached hydrogens (primary N) is 1. The van der Waals surface area contributed by atoms with E-state index in [1.807, 2.05) is 13.1 Å². The summed E-state index contributed by atoms with van der Waals surface area (Å²) in [5.74, 6) is 1.12. The Labute approximate surface area is 87.2 Å². The van der Waals surface area contributed by atoms with E-state index >= 15 is 0 Å². The SMILES string of the molecule is Cn1nccc1CNc1cnc(N)cn1. The number of rotatable bonds is 3. The Kier molecular flexibility index (Phi) is 2.49. The topological polar surface area (TPSA) is 81.7 Å². The molecular formula is C9H12N6. The van der Waals surface area contributed by atoms with E-state index in [1.54, 1.807) is 17.1 Å². The van der Waals surface area contributed by atoms with Crippen molar-refractivity contribution in [1.82, 2.24) is 19.7 Å².